The minimum Gasteiger partial charge on any atom is -0.477 e. The lowest BCUT2D eigenvalue weighted by Gasteiger charge is -1.94. The number of carbonyl (C=O) groups is 1. The maximum Gasteiger partial charge on any atom is 0.341 e. The first kappa shape index (κ1) is 10.2. The summed E-state index contributed by atoms with van der Waals surface area (Å²) in [6.07, 6.45) is 3.47. The largest absolute Gasteiger partial charge is 0.477 e. The zero-order chi connectivity index (χ0) is 10.7. The summed E-state index contributed by atoms with van der Waals surface area (Å²) in [7, 11) is 0. The number of rotatable bonds is 1. The van der Waals surface area contributed by atoms with Crippen LogP contribution in [0.5, 0.6) is 0 Å². The van der Waals surface area contributed by atoms with Crippen molar-refractivity contribution in [2.75, 3.05) is 0 Å². The van der Waals surface area contributed by atoms with E-state index in [0.717, 1.165) is 0 Å². The second-order valence-electron chi connectivity index (χ2n) is 2.76. The summed E-state index contributed by atoms with van der Waals surface area (Å²) in [6, 6.07) is 1.37. The maximum absolute atomic E-state index is 11.2. The van der Waals surface area contributed by atoms with Gasteiger partial charge in [-0.25, -0.2) is 4.79 Å². The number of hydrogen-bond donors (Lipinski definition) is 2. The van der Waals surface area contributed by atoms with Crippen molar-refractivity contribution in [1.82, 2.24) is 4.98 Å². The number of aromatic carboxylic acids is 1. The van der Waals surface area contributed by atoms with Gasteiger partial charge in [0.15, 0.2) is 0 Å². The third kappa shape index (κ3) is 1.74. The standard InChI is InChI=1S/C10H11NO3/c1-3-6-5-7(10(13)14)9(12)11-8(6)4-2/h3-5H,1-2H3,(H,11,12)(H,13,14)/b6-3-,8-4+. The smallest absolute Gasteiger partial charge is 0.341 e. The van der Waals surface area contributed by atoms with Gasteiger partial charge in [0.05, 0.1) is 0 Å². The number of carboxylic acid groups (broad SMARTS) is 1. The molecule has 1 heterocycles. The van der Waals surface area contributed by atoms with Crippen LogP contribution >= 0.6 is 0 Å². The molecule has 0 saturated carbocycles. The molecule has 4 nitrogen and oxygen atoms in total. The van der Waals surface area contributed by atoms with Crippen LogP contribution in [0.3, 0.4) is 0 Å². The summed E-state index contributed by atoms with van der Waals surface area (Å²) in [5, 5.41) is 10.1. The summed E-state index contributed by atoms with van der Waals surface area (Å²) >= 11 is 0. The van der Waals surface area contributed by atoms with Crippen LogP contribution in [0.15, 0.2) is 10.9 Å². The highest BCUT2D eigenvalue weighted by Crippen LogP contribution is 1.81. The summed E-state index contributed by atoms with van der Waals surface area (Å²) < 4.78 is 0. The molecule has 1 aromatic rings. The summed E-state index contributed by atoms with van der Waals surface area (Å²) in [4.78, 5) is 24.4. The topological polar surface area (TPSA) is 70.2 Å². The van der Waals surface area contributed by atoms with Crippen molar-refractivity contribution in [3.63, 3.8) is 0 Å². The number of aromatic amines is 1. The number of pyridine rings is 1. The molecule has 4 heteroatoms. The predicted molar refractivity (Wildman–Crippen MR) is 53.6 cm³/mol. The lowest BCUT2D eigenvalue weighted by molar-refractivity contribution is 0.0695. The van der Waals surface area contributed by atoms with Crippen LogP contribution in [0.1, 0.15) is 24.2 Å². The molecule has 0 aromatic carbocycles. The van der Waals surface area contributed by atoms with E-state index in [2.05, 4.69) is 4.98 Å². The second kappa shape index (κ2) is 3.91. The number of nitrogens with one attached hydrogen (secondary N) is 1. The SMILES string of the molecule is C/C=c1/cc(C(=O)O)c(=O)[nH]/c1=C/C. The third-order valence-corrected chi connectivity index (χ3v) is 1.93. The molecule has 1 aromatic heterocycles. The van der Waals surface area contributed by atoms with Crippen molar-refractivity contribution in [1.29, 1.82) is 0 Å². The summed E-state index contributed by atoms with van der Waals surface area (Å²) in [6.45, 7) is 3.56. The molecule has 0 spiro atoms. The van der Waals surface area contributed by atoms with Crippen molar-refractivity contribution < 1.29 is 9.90 Å². The molecule has 2 N–H and O–H groups in total. The first-order chi connectivity index (χ1) is 6.60. The lowest BCUT2D eigenvalue weighted by atomic mass is 10.2. The Morgan fingerprint density at radius 1 is 1.43 bits per heavy atom. The van der Waals surface area contributed by atoms with Gasteiger partial charge in [-0.1, -0.05) is 12.2 Å². The van der Waals surface area contributed by atoms with E-state index in [0.29, 0.717) is 10.6 Å². The van der Waals surface area contributed by atoms with Crippen LogP contribution in [-0.4, -0.2) is 16.1 Å². The van der Waals surface area contributed by atoms with Gasteiger partial charge in [0.2, 0.25) is 0 Å². The minimum absolute atomic E-state index is 0.233. The minimum atomic E-state index is -1.21. The molecule has 0 unspecified atom stereocenters. The summed E-state index contributed by atoms with van der Waals surface area (Å²) in [5.41, 5.74) is -0.806. The Morgan fingerprint density at radius 2 is 2.07 bits per heavy atom. The highest BCUT2D eigenvalue weighted by molar-refractivity contribution is 5.87. The normalized spacial score (nSPS) is 13.3. The molecule has 0 radical (unpaired) electrons. The van der Waals surface area contributed by atoms with Crippen LogP contribution in [0.4, 0.5) is 0 Å². The van der Waals surface area contributed by atoms with Crippen LogP contribution in [-0.2, 0) is 0 Å². The molecule has 0 atom stereocenters. The number of aromatic nitrogens is 1. The zero-order valence-corrected chi connectivity index (χ0v) is 8.00. The quantitative estimate of drug-likeness (QED) is 0.641. The number of hydrogen-bond acceptors (Lipinski definition) is 2. The van der Waals surface area contributed by atoms with Gasteiger partial charge in [-0.2, -0.15) is 0 Å². The monoisotopic (exact) mass is 193 g/mol. The number of carboxylic acids is 1. The molecule has 0 saturated heterocycles. The summed E-state index contributed by atoms with van der Waals surface area (Å²) in [5.74, 6) is -1.21. The molecular weight excluding hydrogens is 182 g/mol. The van der Waals surface area contributed by atoms with E-state index < -0.39 is 11.5 Å². The van der Waals surface area contributed by atoms with Gasteiger partial charge in [0.25, 0.3) is 5.56 Å². The molecule has 0 fully saturated rings. The van der Waals surface area contributed by atoms with E-state index >= 15 is 0 Å². The average molecular weight is 193 g/mol. The average Bonchev–Trinajstić information content (AvgIpc) is 2.16. The second-order valence-corrected chi connectivity index (χ2v) is 2.76. The van der Waals surface area contributed by atoms with Crippen molar-refractivity contribution in [2.45, 2.75) is 13.8 Å². The molecular formula is C10H11NO3. The van der Waals surface area contributed by atoms with E-state index in [1.807, 2.05) is 0 Å². The Bertz CT molecular complexity index is 525. The van der Waals surface area contributed by atoms with Crippen molar-refractivity contribution >= 4 is 18.1 Å². The van der Waals surface area contributed by atoms with Crippen molar-refractivity contribution in [3.05, 3.63) is 32.6 Å². The van der Waals surface area contributed by atoms with E-state index in [4.69, 9.17) is 5.11 Å². The van der Waals surface area contributed by atoms with E-state index in [-0.39, 0.29) is 5.56 Å². The van der Waals surface area contributed by atoms with Crippen molar-refractivity contribution in [2.24, 2.45) is 0 Å². The molecule has 0 bridgehead atoms. The van der Waals surface area contributed by atoms with Gasteiger partial charge in [0.1, 0.15) is 5.56 Å². The van der Waals surface area contributed by atoms with Gasteiger partial charge in [0, 0.05) is 5.35 Å². The molecule has 14 heavy (non-hydrogen) atoms. The van der Waals surface area contributed by atoms with E-state index in [9.17, 15) is 9.59 Å². The third-order valence-electron chi connectivity index (χ3n) is 1.93. The Balaban J connectivity index is 3.74. The first-order valence-electron chi connectivity index (χ1n) is 4.19. The molecule has 0 aliphatic carbocycles. The van der Waals surface area contributed by atoms with Gasteiger partial charge in [-0.05, 0) is 25.1 Å². The Kier molecular flexibility index (Phi) is 2.86. The van der Waals surface area contributed by atoms with Crippen LogP contribution < -0.4 is 16.1 Å². The van der Waals surface area contributed by atoms with Crippen LogP contribution in [0.25, 0.3) is 12.2 Å². The lowest BCUT2D eigenvalue weighted by Crippen LogP contribution is -2.37. The van der Waals surface area contributed by atoms with Crippen molar-refractivity contribution in [3.8, 4) is 0 Å². The zero-order valence-electron chi connectivity index (χ0n) is 8.00. The fourth-order valence-corrected chi connectivity index (χ4v) is 1.20. The molecule has 0 aliphatic rings. The Morgan fingerprint density at radius 3 is 2.50 bits per heavy atom. The highest BCUT2D eigenvalue weighted by atomic mass is 16.4. The highest BCUT2D eigenvalue weighted by Gasteiger charge is 2.07. The van der Waals surface area contributed by atoms with Gasteiger partial charge in [-0.3, -0.25) is 4.79 Å². The van der Waals surface area contributed by atoms with E-state index in [1.165, 1.54) is 6.07 Å². The predicted octanol–water partition coefficient (Wildman–Crippen LogP) is -0.326. The molecule has 74 valence electrons. The number of H-pyrrole nitrogens is 1. The molecule has 0 aliphatic heterocycles. The first-order valence-corrected chi connectivity index (χ1v) is 4.19. The fourth-order valence-electron chi connectivity index (χ4n) is 1.20. The van der Waals surface area contributed by atoms with Crippen LogP contribution in [0, 0.1) is 0 Å². The fraction of sp³-hybridized carbons (Fsp3) is 0.200. The Hall–Kier alpha value is -1.84. The molecule has 0 amide bonds. The van der Waals surface area contributed by atoms with Crippen LogP contribution in [0.2, 0.25) is 0 Å². The Labute approximate surface area is 80.2 Å². The van der Waals surface area contributed by atoms with Gasteiger partial charge in [-0.15, -0.1) is 0 Å². The van der Waals surface area contributed by atoms with Gasteiger partial charge >= 0.3 is 5.97 Å². The van der Waals surface area contributed by atoms with Gasteiger partial charge < -0.3 is 10.1 Å². The molecule has 1 rings (SSSR count). The maximum atomic E-state index is 11.2. The van der Waals surface area contributed by atoms with E-state index in [1.54, 1.807) is 26.0 Å².